The second kappa shape index (κ2) is 9.37. The van der Waals surface area contributed by atoms with Gasteiger partial charge in [-0.2, -0.15) is 0 Å². The molecule has 20 heavy (non-hydrogen) atoms. The van der Waals surface area contributed by atoms with E-state index in [1.54, 1.807) is 0 Å². The third-order valence-corrected chi connectivity index (χ3v) is 2.86. The molecule has 4 heteroatoms. The maximum atomic E-state index is 11.7. The number of rotatable bonds is 9. The summed E-state index contributed by atoms with van der Waals surface area (Å²) in [6.07, 6.45) is 0.872. The van der Waals surface area contributed by atoms with Crippen LogP contribution in [-0.2, 0) is 4.79 Å². The van der Waals surface area contributed by atoms with Crippen LogP contribution in [0.25, 0.3) is 0 Å². The molecule has 4 nitrogen and oxygen atoms in total. The molecule has 0 fully saturated rings. The van der Waals surface area contributed by atoms with E-state index in [4.69, 9.17) is 4.74 Å². The van der Waals surface area contributed by atoms with Crippen LogP contribution in [0.3, 0.4) is 0 Å². The van der Waals surface area contributed by atoms with Crippen molar-refractivity contribution in [1.82, 2.24) is 10.6 Å². The van der Waals surface area contributed by atoms with Crippen molar-refractivity contribution < 1.29 is 9.53 Å². The Labute approximate surface area is 121 Å². The summed E-state index contributed by atoms with van der Waals surface area (Å²) in [6, 6.07) is 9.59. The standard InChI is InChI=1S/C16H26N2O2/c1-13(2)12-18-16(19)14(3)17-10-7-11-20-15-8-5-4-6-9-15/h4-6,8-9,13-14,17H,7,10-12H2,1-3H3,(H,18,19). The Morgan fingerprint density at radius 2 is 1.90 bits per heavy atom. The number of hydrogen-bond acceptors (Lipinski definition) is 3. The van der Waals surface area contributed by atoms with Gasteiger partial charge in [-0.05, 0) is 37.9 Å². The molecule has 1 amide bonds. The van der Waals surface area contributed by atoms with Gasteiger partial charge in [0, 0.05) is 6.54 Å². The summed E-state index contributed by atoms with van der Waals surface area (Å²) in [5.41, 5.74) is 0. The minimum atomic E-state index is -0.162. The molecule has 112 valence electrons. The second-order valence-electron chi connectivity index (χ2n) is 5.33. The molecule has 1 aromatic carbocycles. The van der Waals surface area contributed by atoms with Crippen molar-refractivity contribution in [3.8, 4) is 5.75 Å². The molecule has 2 N–H and O–H groups in total. The molecule has 0 aliphatic heterocycles. The normalized spacial score (nSPS) is 12.2. The third-order valence-electron chi connectivity index (χ3n) is 2.86. The lowest BCUT2D eigenvalue weighted by Gasteiger charge is -2.15. The highest BCUT2D eigenvalue weighted by Gasteiger charge is 2.11. The van der Waals surface area contributed by atoms with Crippen molar-refractivity contribution in [1.29, 1.82) is 0 Å². The largest absolute Gasteiger partial charge is 0.494 e. The molecule has 0 aliphatic carbocycles. The second-order valence-corrected chi connectivity index (χ2v) is 5.33. The maximum absolute atomic E-state index is 11.7. The van der Waals surface area contributed by atoms with Crippen molar-refractivity contribution in [2.45, 2.75) is 33.2 Å². The van der Waals surface area contributed by atoms with Crippen molar-refractivity contribution in [2.24, 2.45) is 5.92 Å². The van der Waals surface area contributed by atoms with Gasteiger partial charge in [0.05, 0.1) is 12.6 Å². The summed E-state index contributed by atoms with van der Waals surface area (Å²) in [5, 5.41) is 6.12. The van der Waals surface area contributed by atoms with Crippen LogP contribution in [-0.4, -0.2) is 31.6 Å². The van der Waals surface area contributed by atoms with Gasteiger partial charge in [-0.25, -0.2) is 0 Å². The molecular weight excluding hydrogens is 252 g/mol. The zero-order chi connectivity index (χ0) is 14.8. The fourth-order valence-corrected chi connectivity index (χ4v) is 1.65. The summed E-state index contributed by atoms with van der Waals surface area (Å²) >= 11 is 0. The number of benzene rings is 1. The predicted octanol–water partition coefficient (Wildman–Crippen LogP) is 2.21. The fourth-order valence-electron chi connectivity index (χ4n) is 1.65. The molecule has 0 spiro atoms. The summed E-state index contributed by atoms with van der Waals surface area (Å²) in [4.78, 5) is 11.7. The zero-order valence-electron chi connectivity index (χ0n) is 12.7. The van der Waals surface area contributed by atoms with E-state index in [9.17, 15) is 4.79 Å². The third kappa shape index (κ3) is 7.14. The fraction of sp³-hybridized carbons (Fsp3) is 0.562. The van der Waals surface area contributed by atoms with E-state index in [0.717, 1.165) is 25.3 Å². The van der Waals surface area contributed by atoms with Gasteiger partial charge in [-0.15, -0.1) is 0 Å². The molecule has 0 saturated carbocycles. The van der Waals surface area contributed by atoms with E-state index < -0.39 is 0 Å². The maximum Gasteiger partial charge on any atom is 0.236 e. The Bertz CT molecular complexity index is 379. The molecule has 1 aromatic rings. The SMILES string of the molecule is CC(C)CNC(=O)C(C)NCCCOc1ccccc1. The lowest BCUT2D eigenvalue weighted by Crippen LogP contribution is -2.43. The topological polar surface area (TPSA) is 50.4 Å². The molecule has 1 rings (SSSR count). The van der Waals surface area contributed by atoms with Gasteiger partial charge in [0.15, 0.2) is 0 Å². The molecule has 0 aromatic heterocycles. The highest BCUT2D eigenvalue weighted by atomic mass is 16.5. The molecule has 0 radical (unpaired) electrons. The number of nitrogens with one attached hydrogen (secondary N) is 2. The minimum absolute atomic E-state index is 0.0580. The van der Waals surface area contributed by atoms with Crippen LogP contribution >= 0.6 is 0 Å². The quantitative estimate of drug-likeness (QED) is 0.681. The van der Waals surface area contributed by atoms with Gasteiger partial charge in [0.2, 0.25) is 5.91 Å². The average molecular weight is 278 g/mol. The van der Waals surface area contributed by atoms with E-state index in [2.05, 4.69) is 24.5 Å². The van der Waals surface area contributed by atoms with Crippen LogP contribution in [0.15, 0.2) is 30.3 Å². The van der Waals surface area contributed by atoms with E-state index >= 15 is 0 Å². The Morgan fingerprint density at radius 1 is 1.20 bits per heavy atom. The lowest BCUT2D eigenvalue weighted by molar-refractivity contribution is -0.122. The van der Waals surface area contributed by atoms with Crippen LogP contribution < -0.4 is 15.4 Å². The Balaban J connectivity index is 2.07. The van der Waals surface area contributed by atoms with Gasteiger partial charge in [0.25, 0.3) is 0 Å². The summed E-state index contributed by atoms with van der Waals surface area (Å²) in [7, 11) is 0. The average Bonchev–Trinajstić information content (AvgIpc) is 2.45. The van der Waals surface area contributed by atoms with Gasteiger partial charge >= 0.3 is 0 Å². The first kappa shape index (κ1) is 16.5. The zero-order valence-corrected chi connectivity index (χ0v) is 12.7. The van der Waals surface area contributed by atoms with Gasteiger partial charge < -0.3 is 15.4 Å². The van der Waals surface area contributed by atoms with Crippen molar-refractivity contribution in [2.75, 3.05) is 19.7 Å². The predicted molar refractivity (Wildman–Crippen MR) is 81.9 cm³/mol. The van der Waals surface area contributed by atoms with Crippen LogP contribution in [0.2, 0.25) is 0 Å². The highest BCUT2D eigenvalue weighted by molar-refractivity contribution is 5.81. The molecule has 1 atom stereocenters. The first-order valence-corrected chi connectivity index (χ1v) is 7.28. The van der Waals surface area contributed by atoms with E-state index in [0.29, 0.717) is 12.5 Å². The number of carbonyl (C=O) groups excluding carboxylic acids is 1. The number of ether oxygens (including phenoxy) is 1. The minimum Gasteiger partial charge on any atom is -0.494 e. The first-order valence-electron chi connectivity index (χ1n) is 7.28. The summed E-state index contributed by atoms with van der Waals surface area (Å²) in [6.45, 7) is 8.19. The van der Waals surface area contributed by atoms with Crippen molar-refractivity contribution >= 4 is 5.91 Å². The van der Waals surface area contributed by atoms with E-state index in [1.165, 1.54) is 0 Å². The monoisotopic (exact) mass is 278 g/mol. The number of amides is 1. The molecule has 0 aliphatic rings. The van der Waals surface area contributed by atoms with Crippen LogP contribution in [0.4, 0.5) is 0 Å². The molecule has 0 heterocycles. The molecule has 0 saturated heterocycles. The molecule has 1 unspecified atom stereocenters. The Hall–Kier alpha value is -1.55. The van der Waals surface area contributed by atoms with Crippen LogP contribution in [0.5, 0.6) is 5.75 Å². The molecular formula is C16H26N2O2. The lowest BCUT2D eigenvalue weighted by atomic mass is 10.2. The highest BCUT2D eigenvalue weighted by Crippen LogP contribution is 2.08. The number of hydrogen-bond donors (Lipinski definition) is 2. The smallest absolute Gasteiger partial charge is 0.236 e. The Kier molecular flexibility index (Phi) is 7.73. The van der Waals surface area contributed by atoms with Crippen LogP contribution in [0, 0.1) is 5.92 Å². The summed E-state index contributed by atoms with van der Waals surface area (Å²) in [5.74, 6) is 1.42. The van der Waals surface area contributed by atoms with Crippen molar-refractivity contribution in [3.05, 3.63) is 30.3 Å². The molecule has 0 bridgehead atoms. The van der Waals surface area contributed by atoms with Crippen LogP contribution in [0.1, 0.15) is 27.2 Å². The van der Waals surface area contributed by atoms with E-state index in [-0.39, 0.29) is 11.9 Å². The van der Waals surface area contributed by atoms with Gasteiger partial charge in [-0.3, -0.25) is 4.79 Å². The van der Waals surface area contributed by atoms with Gasteiger partial charge in [-0.1, -0.05) is 32.0 Å². The van der Waals surface area contributed by atoms with E-state index in [1.807, 2.05) is 37.3 Å². The van der Waals surface area contributed by atoms with Crippen molar-refractivity contribution in [3.63, 3.8) is 0 Å². The Morgan fingerprint density at radius 3 is 2.55 bits per heavy atom. The first-order chi connectivity index (χ1) is 9.59. The van der Waals surface area contributed by atoms with Gasteiger partial charge in [0.1, 0.15) is 5.75 Å². The summed E-state index contributed by atoms with van der Waals surface area (Å²) < 4.78 is 5.59. The number of para-hydroxylation sites is 1. The number of carbonyl (C=O) groups is 1.